The van der Waals surface area contributed by atoms with E-state index in [1.807, 2.05) is 20.0 Å². The minimum absolute atomic E-state index is 0.0672. The van der Waals surface area contributed by atoms with Gasteiger partial charge in [-0.05, 0) is 66.0 Å². The second-order valence-corrected chi connectivity index (χ2v) is 15.6. The first-order valence-electron chi connectivity index (χ1n) is 12.4. The summed E-state index contributed by atoms with van der Waals surface area (Å²) in [6.07, 6.45) is -3.78. The van der Waals surface area contributed by atoms with Crippen molar-refractivity contribution in [1.29, 1.82) is 0 Å². The Balaban J connectivity index is 2.38. The van der Waals surface area contributed by atoms with Crippen LogP contribution in [0.5, 0.6) is 5.75 Å². The molecule has 1 amide bonds. The Morgan fingerprint density at radius 3 is 2.19 bits per heavy atom. The maximum Gasteiger partial charge on any atom is 0.417 e. The molecule has 2 unspecified atom stereocenters. The third-order valence-corrected chi connectivity index (χ3v) is 11.9. The number of halogens is 3. The second kappa shape index (κ2) is 10.6. The van der Waals surface area contributed by atoms with Gasteiger partial charge in [-0.2, -0.15) is 13.2 Å². The fourth-order valence-corrected chi connectivity index (χ4v) is 5.38. The summed E-state index contributed by atoms with van der Waals surface area (Å²) >= 11 is 0. The van der Waals surface area contributed by atoms with Crippen LogP contribution in [0.4, 0.5) is 18.9 Å². The van der Waals surface area contributed by atoms with Gasteiger partial charge in [0.1, 0.15) is 5.75 Å². The number of methoxy groups -OCH3 is 1. The average molecular weight is 535 g/mol. The number of carbonyl (C=O) groups is 1. The van der Waals surface area contributed by atoms with Crippen molar-refractivity contribution in [2.75, 3.05) is 18.6 Å². The number of rotatable bonds is 7. The number of ether oxygens (including phenoxy) is 1. The molecule has 1 heterocycles. The third kappa shape index (κ3) is 5.78. The number of hydrogen-bond donors (Lipinski definition) is 1. The molecule has 0 spiro atoms. The normalized spacial score (nSPS) is 17.7. The lowest BCUT2D eigenvalue weighted by molar-refractivity contribution is -0.137. The lowest BCUT2D eigenvalue weighted by Gasteiger charge is -2.41. The SMILES string of the molecule is CCC(CN)N1C(=O)C(O[Si](C)(C)C(C)(C)C)C(c2ccc(OC)cc2)=Cc2c1cccc2C(F)(F)F. The Morgan fingerprint density at radius 2 is 1.70 bits per heavy atom. The molecule has 9 heteroatoms. The average Bonchev–Trinajstić information content (AvgIpc) is 2.93. The van der Waals surface area contributed by atoms with Gasteiger partial charge >= 0.3 is 6.18 Å². The zero-order valence-electron chi connectivity index (χ0n) is 22.6. The number of amides is 1. The largest absolute Gasteiger partial charge is 0.497 e. The predicted octanol–water partition coefficient (Wildman–Crippen LogP) is 6.73. The number of fused-ring (bicyclic) bond motifs is 1. The van der Waals surface area contributed by atoms with Gasteiger partial charge in [0.15, 0.2) is 14.4 Å². The van der Waals surface area contributed by atoms with Crippen molar-refractivity contribution in [1.82, 2.24) is 0 Å². The van der Waals surface area contributed by atoms with Crippen LogP contribution >= 0.6 is 0 Å². The fraction of sp³-hybridized carbons (Fsp3) is 0.464. The summed E-state index contributed by atoms with van der Waals surface area (Å²) in [5.74, 6) is 0.181. The van der Waals surface area contributed by atoms with Crippen LogP contribution in [-0.2, 0) is 15.4 Å². The van der Waals surface area contributed by atoms with E-state index in [9.17, 15) is 18.0 Å². The van der Waals surface area contributed by atoms with Crippen molar-refractivity contribution >= 4 is 31.6 Å². The maximum absolute atomic E-state index is 14.4. The summed E-state index contributed by atoms with van der Waals surface area (Å²) in [7, 11) is -1.02. The summed E-state index contributed by atoms with van der Waals surface area (Å²) < 4.78 is 54.7. The van der Waals surface area contributed by atoms with Crippen LogP contribution in [0.1, 0.15) is 50.8 Å². The Labute approximate surface area is 218 Å². The Kier molecular flexibility index (Phi) is 8.31. The standard InChI is InChI=1S/C28H37F3N2O3Si/c1-8-19(17-32)33-24-11-9-10-23(28(29,30)31)22(24)16-21(18-12-14-20(35-5)15-13-18)25(26(33)34)36-37(6,7)27(2,3)4/h9-16,19,25H,8,17,32H2,1-7H3. The molecule has 0 radical (unpaired) electrons. The number of anilines is 1. The van der Waals surface area contributed by atoms with Gasteiger partial charge in [-0.25, -0.2) is 0 Å². The van der Waals surface area contributed by atoms with Crippen LogP contribution in [0.15, 0.2) is 42.5 Å². The number of carbonyl (C=O) groups excluding carboxylic acids is 1. The van der Waals surface area contributed by atoms with E-state index in [4.69, 9.17) is 14.9 Å². The summed E-state index contributed by atoms with van der Waals surface area (Å²) in [6.45, 7) is 12.2. The van der Waals surface area contributed by atoms with Gasteiger partial charge in [-0.3, -0.25) is 4.79 Å². The van der Waals surface area contributed by atoms with Crippen LogP contribution in [0.2, 0.25) is 18.1 Å². The van der Waals surface area contributed by atoms with Gasteiger partial charge in [-0.15, -0.1) is 0 Å². The van der Waals surface area contributed by atoms with Crippen molar-refractivity contribution in [3.8, 4) is 5.75 Å². The highest BCUT2D eigenvalue weighted by atomic mass is 28.4. The van der Waals surface area contributed by atoms with Crippen LogP contribution in [0, 0.1) is 0 Å². The highest BCUT2D eigenvalue weighted by Gasteiger charge is 2.46. The van der Waals surface area contributed by atoms with E-state index in [2.05, 4.69) is 20.8 Å². The van der Waals surface area contributed by atoms with E-state index in [0.717, 1.165) is 6.07 Å². The summed E-state index contributed by atoms with van der Waals surface area (Å²) in [6, 6.07) is 10.4. The zero-order chi connectivity index (χ0) is 27.8. The summed E-state index contributed by atoms with van der Waals surface area (Å²) in [5, 5.41) is -0.239. The summed E-state index contributed by atoms with van der Waals surface area (Å²) in [5.41, 5.74) is 6.32. The van der Waals surface area contributed by atoms with Gasteiger partial charge in [-0.1, -0.05) is 45.9 Å². The van der Waals surface area contributed by atoms with Crippen molar-refractivity contribution in [3.63, 3.8) is 0 Å². The topological polar surface area (TPSA) is 64.8 Å². The van der Waals surface area contributed by atoms with E-state index in [0.29, 0.717) is 23.3 Å². The van der Waals surface area contributed by atoms with E-state index < -0.39 is 38.1 Å². The molecule has 0 fully saturated rings. The van der Waals surface area contributed by atoms with Crippen molar-refractivity contribution in [3.05, 3.63) is 59.2 Å². The molecule has 0 bridgehead atoms. The number of nitrogens with zero attached hydrogens (tertiary/aromatic N) is 1. The quantitative estimate of drug-likeness (QED) is 0.400. The molecular formula is C28H37F3N2O3Si. The van der Waals surface area contributed by atoms with Crippen molar-refractivity contribution in [2.45, 2.75) is 70.6 Å². The molecule has 0 aromatic heterocycles. The van der Waals surface area contributed by atoms with Gasteiger partial charge < -0.3 is 19.8 Å². The monoisotopic (exact) mass is 534 g/mol. The van der Waals surface area contributed by atoms with Gasteiger partial charge in [0.05, 0.1) is 18.4 Å². The predicted molar refractivity (Wildman–Crippen MR) is 145 cm³/mol. The van der Waals surface area contributed by atoms with Crippen molar-refractivity contribution in [2.24, 2.45) is 5.73 Å². The molecule has 2 aromatic carbocycles. The Morgan fingerprint density at radius 1 is 1.08 bits per heavy atom. The highest BCUT2D eigenvalue weighted by Crippen LogP contribution is 2.45. The smallest absolute Gasteiger partial charge is 0.417 e. The highest BCUT2D eigenvalue weighted by molar-refractivity contribution is 6.74. The lowest BCUT2D eigenvalue weighted by Crippen LogP contribution is -2.53. The lowest BCUT2D eigenvalue weighted by atomic mass is 9.96. The van der Waals surface area contributed by atoms with Gasteiger partial charge in [0.25, 0.3) is 5.91 Å². The molecular weight excluding hydrogens is 497 g/mol. The molecule has 1 aliphatic rings. The Hall–Kier alpha value is -2.62. The number of alkyl halides is 3. The first kappa shape index (κ1) is 28.9. The van der Waals surface area contributed by atoms with E-state index >= 15 is 0 Å². The van der Waals surface area contributed by atoms with Crippen LogP contribution in [0.25, 0.3) is 11.6 Å². The maximum atomic E-state index is 14.4. The van der Waals surface area contributed by atoms with Crippen molar-refractivity contribution < 1.29 is 27.1 Å². The molecule has 2 N–H and O–H groups in total. The van der Waals surface area contributed by atoms with E-state index in [1.165, 1.54) is 24.2 Å². The number of benzene rings is 2. The van der Waals surface area contributed by atoms with E-state index in [-0.39, 0.29) is 22.8 Å². The molecule has 5 nitrogen and oxygen atoms in total. The molecule has 2 atom stereocenters. The van der Waals surface area contributed by atoms with Gasteiger partial charge in [0.2, 0.25) is 0 Å². The Bertz CT molecular complexity index is 1150. The number of hydrogen-bond acceptors (Lipinski definition) is 4. The molecule has 37 heavy (non-hydrogen) atoms. The first-order valence-corrected chi connectivity index (χ1v) is 15.3. The van der Waals surface area contributed by atoms with Crippen LogP contribution < -0.4 is 15.4 Å². The zero-order valence-corrected chi connectivity index (χ0v) is 23.6. The number of nitrogens with two attached hydrogens (primary N) is 1. The van der Waals surface area contributed by atoms with Gasteiger partial charge in [0, 0.05) is 18.2 Å². The molecule has 202 valence electrons. The fourth-order valence-electron chi connectivity index (χ4n) is 4.21. The molecule has 2 aromatic rings. The minimum Gasteiger partial charge on any atom is -0.497 e. The third-order valence-electron chi connectivity index (χ3n) is 7.44. The molecule has 3 rings (SSSR count). The molecule has 0 aliphatic carbocycles. The summed E-state index contributed by atoms with van der Waals surface area (Å²) in [4.78, 5) is 15.8. The molecule has 0 saturated carbocycles. The molecule has 0 saturated heterocycles. The van der Waals surface area contributed by atoms with Crippen LogP contribution in [-0.4, -0.2) is 40.0 Å². The first-order chi connectivity index (χ1) is 17.2. The van der Waals surface area contributed by atoms with E-state index in [1.54, 1.807) is 30.3 Å². The van der Waals surface area contributed by atoms with Crippen LogP contribution in [0.3, 0.4) is 0 Å². The second-order valence-electron chi connectivity index (χ2n) is 10.8. The molecule has 1 aliphatic heterocycles. The minimum atomic E-state index is -4.62.